The maximum Gasteiger partial charge on any atom is 0.146 e. The van der Waals surface area contributed by atoms with E-state index < -0.39 is 0 Å². The van der Waals surface area contributed by atoms with Gasteiger partial charge < -0.3 is 9.80 Å². The van der Waals surface area contributed by atoms with Crippen molar-refractivity contribution >= 4 is 11.6 Å². The Morgan fingerprint density at radius 3 is 2.46 bits per heavy atom. The summed E-state index contributed by atoms with van der Waals surface area (Å²) < 4.78 is 0. The molecule has 6 heteroatoms. The van der Waals surface area contributed by atoms with Crippen LogP contribution in [0.4, 0.5) is 11.6 Å². The molecule has 2 aromatic rings. The molecule has 4 heterocycles. The number of nitrogens with zero attached hydrogens (tertiary/aromatic N) is 6. The summed E-state index contributed by atoms with van der Waals surface area (Å²) in [6.07, 6.45) is 7.37. The molecule has 0 bridgehead atoms. The number of hydrogen-bond acceptors (Lipinski definition) is 6. The molecule has 1 saturated carbocycles. The zero-order valence-corrected chi connectivity index (χ0v) is 14.8. The molecule has 2 aromatic heterocycles. The molecule has 2 unspecified atom stereocenters. The summed E-state index contributed by atoms with van der Waals surface area (Å²) in [7, 11) is 0. The monoisotopic (exact) mass is 346 g/mol. The molecule has 0 N–H and O–H groups in total. The van der Waals surface area contributed by atoms with Crippen LogP contribution in [-0.2, 0) is 0 Å². The molecule has 0 radical (unpaired) electrons. The van der Waals surface area contributed by atoms with Crippen LogP contribution in [0, 0.1) is 23.2 Å². The molecule has 1 aliphatic carbocycles. The average Bonchev–Trinajstić information content (AvgIpc) is 3.19. The Morgan fingerprint density at radius 2 is 1.77 bits per heavy atom. The van der Waals surface area contributed by atoms with E-state index in [1.54, 1.807) is 12.5 Å². The van der Waals surface area contributed by atoms with Gasteiger partial charge in [-0.1, -0.05) is 6.42 Å². The van der Waals surface area contributed by atoms with E-state index in [0.29, 0.717) is 23.3 Å². The molecule has 3 aliphatic rings. The Hall–Kier alpha value is -2.68. The Balaban J connectivity index is 1.29. The van der Waals surface area contributed by atoms with Crippen LogP contribution < -0.4 is 9.80 Å². The highest BCUT2D eigenvalue weighted by atomic mass is 15.3. The molecule has 6 nitrogen and oxygen atoms in total. The van der Waals surface area contributed by atoms with Gasteiger partial charge in [-0.15, -0.1) is 0 Å². The maximum atomic E-state index is 9.33. The number of nitriles is 1. The SMILES string of the molecule is N#Cc1cccnc1N1CC2CN(c3cc(C4CCC4)ncn3)CC2C1. The fourth-order valence-corrected chi connectivity index (χ4v) is 4.55. The molecule has 5 rings (SSSR count). The van der Waals surface area contributed by atoms with Crippen LogP contribution in [-0.4, -0.2) is 41.1 Å². The van der Waals surface area contributed by atoms with Gasteiger partial charge in [-0.2, -0.15) is 5.26 Å². The van der Waals surface area contributed by atoms with Crippen molar-refractivity contribution in [2.45, 2.75) is 25.2 Å². The zero-order valence-electron chi connectivity index (χ0n) is 14.8. The highest BCUT2D eigenvalue weighted by molar-refractivity contribution is 5.55. The van der Waals surface area contributed by atoms with Gasteiger partial charge in [-0.3, -0.25) is 0 Å². The molecule has 0 spiro atoms. The first-order chi connectivity index (χ1) is 12.8. The van der Waals surface area contributed by atoms with Crippen molar-refractivity contribution in [3.05, 3.63) is 42.0 Å². The van der Waals surface area contributed by atoms with Crippen LogP contribution in [0.1, 0.15) is 36.4 Å². The largest absolute Gasteiger partial charge is 0.356 e. The van der Waals surface area contributed by atoms with E-state index >= 15 is 0 Å². The van der Waals surface area contributed by atoms with Crippen molar-refractivity contribution in [2.24, 2.45) is 11.8 Å². The molecule has 3 fully saturated rings. The van der Waals surface area contributed by atoms with Gasteiger partial charge >= 0.3 is 0 Å². The molecule has 0 aromatic carbocycles. The Bertz CT molecular complexity index is 841. The number of hydrogen-bond donors (Lipinski definition) is 0. The fraction of sp³-hybridized carbons (Fsp3) is 0.500. The number of fused-ring (bicyclic) bond motifs is 1. The lowest BCUT2D eigenvalue weighted by Crippen LogP contribution is -2.30. The molecule has 2 aliphatic heterocycles. The highest BCUT2D eigenvalue weighted by Gasteiger charge is 2.41. The smallest absolute Gasteiger partial charge is 0.146 e. The lowest BCUT2D eigenvalue weighted by molar-refractivity contribution is 0.410. The molecular formula is C20H22N6. The van der Waals surface area contributed by atoms with Crippen molar-refractivity contribution in [3.8, 4) is 6.07 Å². The Labute approximate surface area is 153 Å². The molecule has 0 amide bonds. The van der Waals surface area contributed by atoms with Gasteiger partial charge in [-0.25, -0.2) is 15.0 Å². The molecule has 2 saturated heterocycles. The Morgan fingerprint density at radius 1 is 1.00 bits per heavy atom. The topological polar surface area (TPSA) is 68.9 Å². The van der Waals surface area contributed by atoms with Crippen molar-refractivity contribution < 1.29 is 0 Å². The van der Waals surface area contributed by atoms with E-state index in [9.17, 15) is 5.26 Å². The van der Waals surface area contributed by atoms with Crippen LogP contribution in [0.25, 0.3) is 0 Å². The van der Waals surface area contributed by atoms with Crippen molar-refractivity contribution in [2.75, 3.05) is 36.0 Å². The minimum atomic E-state index is 0.602. The van der Waals surface area contributed by atoms with Crippen LogP contribution >= 0.6 is 0 Å². The predicted molar refractivity (Wildman–Crippen MR) is 99.0 cm³/mol. The first-order valence-electron chi connectivity index (χ1n) is 9.49. The predicted octanol–water partition coefficient (Wildman–Crippen LogP) is 2.58. The number of pyridine rings is 1. The van der Waals surface area contributed by atoms with Crippen molar-refractivity contribution in [1.29, 1.82) is 5.26 Å². The summed E-state index contributed by atoms with van der Waals surface area (Å²) in [6.45, 7) is 3.98. The van der Waals surface area contributed by atoms with Gasteiger partial charge in [-0.05, 0) is 25.0 Å². The number of aromatic nitrogens is 3. The van der Waals surface area contributed by atoms with Gasteiger partial charge in [0, 0.05) is 61.9 Å². The zero-order chi connectivity index (χ0) is 17.5. The van der Waals surface area contributed by atoms with Crippen LogP contribution in [0.2, 0.25) is 0 Å². The third-order valence-electron chi connectivity index (χ3n) is 6.21. The minimum absolute atomic E-state index is 0.602. The second-order valence-electron chi connectivity index (χ2n) is 7.75. The standard InChI is InChI=1S/C20H22N6/c21-8-15-5-2-6-22-20(15)26-11-16-9-25(10-17(16)12-26)19-7-18(23-13-24-19)14-3-1-4-14/h2,5-7,13-14,16-17H,1,3-4,9-12H2. The maximum absolute atomic E-state index is 9.33. The van der Waals surface area contributed by atoms with Gasteiger partial charge in [0.2, 0.25) is 0 Å². The van der Waals surface area contributed by atoms with E-state index in [1.165, 1.54) is 25.0 Å². The molecular weight excluding hydrogens is 324 g/mol. The van der Waals surface area contributed by atoms with Crippen LogP contribution in [0.5, 0.6) is 0 Å². The van der Waals surface area contributed by atoms with E-state index in [2.05, 4.69) is 36.9 Å². The van der Waals surface area contributed by atoms with Gasteiger partial charge in [0.05, 0.1) is 5.56 Å². The normalized spacial score (nSPS) is 25.0. The van der Waals surface area contributed by atoms with Crippen LogP contribution in [0.3, 0.4) is 0 Å². The van der Waals surface area contributed by atoms with Crippen molar-refractivity contribution in [1.82, 2.24) is 15.0 Å². The van der Waals surface area contributed by atoms with Gasteiger partial charge in [0.25, 0.3) is 0 Å². The fourth-order valence-electron chi connectivity index (χ4n) is 4.55. The van der Waals surface area contributed by atoms with E-state index in [1.807, 2.05) is 12.1 Å². The van der Waals surface area contributed by atoms with E-state index in [0.717, 1.165) is 37.8 Å². The average molecular weight is 346 g/mol. The first-order valence-corrected chi connectivity index (χ1v) is 9.49. The summed E-state index contributed by atoms with van der Waals surface area (Å²) >= 11 is 0. The van der Waals surface area contributed by atoms with E-state index in [4.69, 9.17) is 0 Å². The molecule has 2 atom stereocenters. The molecule has 26 heavy (non-hydrogen) atoms. The molecule has 132 valence electrons. The summed E-state index contributed by atoms with van der Waals surface area (Å²) in [4.78, 5) is 18.2. The van der Waals surface area contributed by atoms with Gasteiger partial charge in [0.15, 0.2) is 0 Å². The van der Waals surface area contributed by atoms with Crippen molar-refractivity contribution in [3.63, 3.8) is 0 Å². The quantitative estimate of drug-likeness (QED) is 0.851. The summed E-state index contributed by atoms with van der Waals surface area (Å²) in [5, 5.41) is 9.33. The van der Waals surface area contributed by atoms with Gasteiger partial charge in [0.1, 0.15) is 24.0 Å². The van der Waals surface area contributed by atoms with Crippen LogP contribution in [0.15, 0.2) is 30.7 Å². The third-order valence-corrected chi connectivity index (χ3v) is 6.21. The minimum Gasteiger partial charge on any atom is -0.356 e. The summed E-state index contributed by atoms with van der Waals surface area (Å²) in [5.41, 5.74) is 1.89. The number of anilines is 2. The summed E-state index contributed by atoms with van der Waals surface area (Å²) in [5.74, 6) is 3.77. The number of rotatable bonds is 3. The summed E-state index contributed by atoms with van der Waals surface area (Å²) in [6, 6.07) is 8.15. The first kappa shape index (κ1) is 15.6. The van der Waals surface area contributed by atoms with E-state index in [-0.39, 0.29) is 0 Å². The second-order valence-corrected chi connectivity index (χ2v) is 7.75. The third kappa shape index (κ3) is 2.59. The lowest BCUT2D eigenvalue weighted by atomic mass is 9.83. The second kappa shape index (κ2) is 6.24. The lowest BCUT2D eigenvalue weighted by Gasteiger charge is -2.27. The highest BCUT2D eigenvalue weighted by Crippen LogP contribution is 2.38. The Kier molecular flexibility index (Phi) is 3.74.